The van der Waals surface area contributed by atoms with E-state index in [4.69, 9.17) is 14.2 Å². The van der Waals surface area contributed by atoms with E-state index in [1.54, 1.807) is 12.1 Å². The van der Waals surface area contributed by atoms with E-state index >= 15 is 0 Å². The molecule has 0 radical (unpaired) electrons. The average molecular weight is 485 g/mol. The van der Waals surface area contributed by atoms with Crippen LogP contribution < -0.4 is 9.47 Å². The monoisotopic (exact) mass is 484 g/mol. The lowest BCUT2D eigenvalue weighted by Gasteiger charge is -2.28. The van der Waals surface area contributed by atoms with Gasteiger partial charge in [0.25, 0.3) is 0 Å². The van der Waals surface area contributed by atoms with Crippen LogP contribution in [0.25, 0.3) is 0 Å². The summed E-state index contributed by atoms with van der Waals surface area (Å²) in [5.41, 5.74) is 2.82. The van der Waals surface area contributed by atoms with Crippen LogP contribution in [0.1, 0.15) is 74.3 Å². The van der Waals surface area contributed by atoms with Crippen molar-refractivity contribution in [1.29, 1.82) is 0 Å². The molecule has 0 bridgehead atoms. The second-order valence-electron chi connectivity index (χ2n) is 10.2. The minimum Gasteiger partial charge on any atom is -0.468 e. The number of ether oxygens (including phenoxy) is 3. The summed E-state index contributed by atoms with van der Waals surface area (Å²) >= 11 is 0. The van der Waals surface area contributed by atoms with Crippen LogP contribution in [0.3, 0.4) is 0 Å². The fourth-order valence-electron chi connectivity index (χ4n) is 5.68. The number of hydrogen-bond donors (Lipinski definition) is 0. The smallest absolute Gasteiger partial charge is 0.314 e. The molecule has 0 aromatic heterocycles. The normalized spacial score (nSPS) is 24.1. The molecule has 4 heteroatoms. The van der Waals surface area contributed by atoms with Gasteiger partial charge in [-0.1, -0.05) is 60.7 Å². The Labute approximate surface area is 214 Å². The summed E-state index contributed by atoms with van der Waals surface area (Å²) in [5, 5.41) is 0. The first kappa shape index (κ1) is 24.6. The average Bonchev–Trinajstić information content (AvgIpc) is 2.95. The first-order valence-corrected chi connectivity index (χ1v) is 13.4. The maximum Gasteiger partial charge on any atom is 0.314 e. The quantitative estimate of drug-likeness (QED) is 0.187. The number of carbonyl (C=O) groups excluding carboxylic acids is 1. The van der Waals surface area contributed by atoms with Crippen LogP contribution in [0.4, 0.5) is 0 Å². The zero-order chi connectivity index (χ0) is 24.6. The first-order chi connectivity index (χ1) is 17.7. The molecule has 0 unspecified atom stereocenters. The molecule has 0 heterocycles. The lowest BCUT2D eigenvalue weighted by Crippen LogP contribution is -2.25. The van der Waals surface area contributed by atoms with Gasteiger partial charge < -0.3 is 14.2 Å². The van der Waals surface area contributed by atoms with Gasteiger partial charge in [0.1, 0.15) is 11.5 Å². The Balaban J connectivity index is 1.00. The second kappa shape index (κ2) is 12.2. The van der Waals surface area contributed by atoms with Gasteiger partial charge >= 0.3 is 5.97 Å². The molecule has 5 rings (SSSR count). The summed E-state index contributed by atoms with van der Waals surface area (Å²) in [6.45, 7) is 0.241. The number of hydrogen-bond acceptors (Lipinski definition) is 4. The molecule has 4 nitrogen and oxygen atoms in total. The van der Waals surface area contributed by atoms with Crippen LogP contribution in [-0.4, -0.2) is 18.9 Å². The van der Waals surface area contributed by atoms with E-state index in [9.17, 15) is 4.79 Å². The van der Waals surface area contributed by atoms with Gasteiger partial charge in [-0.15, -0.1) is 0 Å². The summed E-state index contributed by atoms with van der Waals surface area (Å²) in [5.74, 6) is 2.33. The van der Waals surface area contributed by atoms with E-state index in [-0.39, 0.29) is 24.8 Å². The summed E-state index contributed by atoms with van der Waals surface area (Å²) in [4.78, 5) is 12.7. The molecule has 0 aliphatic heterocycles. The molecule has 2 saturated carbocycles. The Morgan fingerprint density at radius 3 is 1.67 bits per heavy atom. The number of esters is 1. The second-order valence-corrected chi connectivity index (χ2v) is 10.2. The summed E-state index contributed by atoms with van der Waals surface area (Å²) in [7, 11) is 0. The summed E-state index contributed by atoms with van der Waals surface area (Å²) in [6.07, 6.45) is 8.51. The Hall–Kier alpha value is -3.11. The molecule has 0 amide bonds. The Morgan fingerprint density at radius 1 is 0.611 bits per heavy atom. The molecule has 0 atom stereocenters. The molecule has 2 fully saturated rings. The zero-order valence-electron chi connectivity index (χ0n) is 20.9. The van der Waals surface area contributed by atoms with Crippen LogP contribution in [-0.2, 0) is 9.53 Å². The van der Waals surface area contributed by atoms with Crippen molar-refractivity contribution >= 4 is 5.97 Å². The minimum atomic E-state index is -0.121. The van der Waals surface area contributed by atoms with Gasteiger partial charge in [-0.25, -0.2) is 0 Å². The highest BCUT2D eigenvalue weighted by molar-refractivity contribution is 5.75. The van der Waals surface area contributed by atoms with Gasteiger partial charge in [-0.3, -0.25) is 4.79 Å². The molecular weight excluding hydrogens is 448 g/mol. The maximum absolute atomic E-state index is 12.7. The van der Waals surface area contributed by atoms with Crippen molar-refractivity contribution in [2.75, 3.05) is 6.79 Å². The van der Waals surface area contributed by atoms with Crippen molar-refractivity contribution in [3.05, 3.63) is 96.1 Å². The topological polar surface area (TPSA) is 44.8 Å². The molecule has 36 heavy (non-hydrogen) atoms. The van der Waals surface area contributed by atoms with Crippen LogP contribution in [0.15, 0.2) is 84.9 Å². The molecule has 2 aliphatic carbocycles. The lowest BCUT2D eigenvalue weighted by molar-refractivity contribution is -0.140. The van der Waals surface area contributed by atoms with Crippen molar-refractivity contribution < 1.29 is 19.0 Å². The summed E-state index contributed by atoms with van der Waals surface area (Å²) < 4.78 is 17.4. The maximum atomic E-state index is 12.7. The van der Waals surface area contributed by atoms with Gasteiger partial charge in [-0.2, -0.15) is 0 Å². The largest absolute Gasteiger partial charge is 0.468 e. The van der Waals surface area contributed by atoms with Gasteiger partial charge in [0.15, 0.2) is 6.79 Å². The van der Waals surface area contributed by atoms with E-state index in [0.29, 0.717) is 17.6 Å². The Kier molecular flexibility index (Phi) is 8.35. The third-order valence-electron chi connectivity index (χ3n) is 7.85. The molecule has 188 valence electrons. The molecule has 0 saturated heterocycles. The molecule has 2 aliphatic rings. The fourth-order valence-corrected chi connectivity index (χ4v) is 5.68. The SMILES string of the molecule is O=C(Oc1ccc(OCOC2CCC(c3ccccc3)CC2)cc1)C1CCC(c2ccccc2)CC1. The standard InChI is InChI=1S/C32H36O4/c33-32(28-13-11-26(12-14-28)24-7-3-1-4-8-24)36-31-21-19-30(20-22-31)35-23-34-29-17-15-27(16-18-29)25-9-5-2-6-10-25/h1-10,19-22,26-29H,11-18,23H2. The molecule has 0 spiro atoms. The van der Waals surface area contributed by atoms with Crippen molar-refractivity contribution in [1.82, 2.24) is 0 Å². The van der Waals surface area contributed by atoms with Crippen molar-refractivity contribution in [2.45, 2.75) is 69.3 Å². The predicted octanol–water partition coefficient (Wildman–Crippen LogP) is 7.65. The van der Waals surface area contributed by atoms with Crippen LogP contribution >= 0.6 is 0 Å². The van der Waals surface area contributed by atoms with Crippen LogP contribution in [0, 0.1) is 5.92 Å². The van der Waals surface area contributed by atoms with Crippen molar-refractivity contribution in [3.63, 3.8) is 0 Å². The third kappa shape index (κ3) is 6.55. The van der Waals surface area contributed by atoms with Gasteiger partial charge in [0, 0.05) is 0 Å². The zero-order valence-corrected chi connectivity index (χ0v) is 20.9. The highest BCUT2D eigenvalue weighted by atomic mass is 16.7. The molecular formula is C32H36O4. The van der Waals surface area contributed by atoms with E-state index < -0.39 is 0 Å². The number of benzene rings is 3. The lowest BCUT2D eigenvalue weighted by atomic mass is 9.79. The first-order valence-electron chi connectivity index (χ1n) is 13.4. The van der Waals surface area contributed by atoms with E-state index in [1.165, 1.54) is 11.1 Å². The molecule has 3 aromatic rings. The minimum absolute atomic E-state index is 0.0220. The van der Waals surface area contributed by atoms with Gasteiger partial charge in [0.2, 0.25) is 0 Å². The number of carbonyl (C=O) groups is 1. The third-order valence-corrected chi connectivity index (χ3v) is 7.85. The fraction of sp³-hybridized carbons (Fsp3) is 0.406. The van der Waals surface area contributed by atoms with Gasteiger partial charge in [0.05, 0.1) is 12.0 Å². The highest BCUT2D eigenvalue weighted by Gasteiger charge is 2.28. The molecule has 0 N–H and O–H groups in total. The Bertz CT molecular complexity index is 1060. The van der Waals surface area contributed by atoms with Crippen LogP contribution in [0.2, 0.25) is 0 Å². The van der Waals surface area contributed by atoms with Crippen LogP contribution in [0.5, 0.6) is 11.5 Å². The van der Waals surface area contributed by atoms with E-state index in [0.717, 1.165) is 57.1 Å². The van der Waals surface area contributed by atoms with Gasteiger partial charge in [-0.05, 0) is 98.6 Å². The van der Waals surface area contributed by atoms with E-state index in [1.807, 2.05) is 18.2 Å². The Morgan fingerprint density at radius 2 is 1.11 bits per heavy atom. The predicted molar refractivity (Wildman–Crippen MR) is 141 cm³/mol. The van der Waals surface area contributed by atoms with Crippen molar-refractivity contribution in [2.24, 2.45) is 5.92 Å². The number of rotatable bonds is 8. The molecule has 3 aromatic carbocycles. The van der Waals surface area contributed by atoms with E-state index in [2.05, 4.69) is 54.6 Å². The van der Waals surface area contributed by atoms with Crippen molar-refractivity contribution in [3.8, 4) is 11.5 Å². The summed E-state index contributed by atoms with van der Waals surface area (Å²) in [6, 6.07) is 28.7. The highest BCUT2D eigenvalue weighted by Crippen LogP contribution is 2.37.